The maximum absolute atomic E-state index is 14.7. The van der Waals surface area contributed by atoms with Crippen LogP contribution < -0.4 is 0 Å². The van der Waals surface area contributed by atoms with Crippen LogP contribution in [0, 0.1) is 23.2 Å². The number of unbranched alkanes of at least 4 members (excludes halogenated alkanes) is 1. The normalized spacial score (nSPS) is 27.0. The second-order valence-corrected chi connectivity index (χ2v) is 13.2. The second-order valence-electron chi connectivity index (χ2n) is 11.8. The summed E-state index contributed by atoms with van der Waals surface area (Å²) in [6.45, 7) is -1.85. The molecule has 242 valence electrons. The van der Waals surface area contributed by atoms with Crippen molar-refractivity contribution in [2.75, 3.05) is 6.61 Å². The largest absolute Gasteiger partial charge is 0.468 e. The van der Waals surface area contributed by atoms with Crippen molar-refractivity contribution in [3.63, 3.8) is 0 Å². The summed E-state index contributed by atoms with van der Waals surface area (Å²) in [7, 11) is -6.50. The third-order valence-corrected chi connectivity index (χ3v) is 9.45. The molecule has 0 saturated heterocycles. The fraction of sp³-hybridized carbons (Fsp3) is 0.704. The highest BCUT2D eigenvalue weighted by Gasteiger charge is 2.70. The van der Waals surface area contributed by atoms with E-state index in [9.17, 15) is 48.7 Å². The number of hydrogen-bond acceptors (Lipinski definition) is 7. The first kappa shape index (κ1) is 33.4. The van der Waals surface area contributed by atoms with E-state index in [1.807, 2.05) is 0 Å². The molecule has 0 spiro atoms. The molecule has 43 heavy (non-hydrogen) atoms. The van der Waals surface area contributed by atoms with E-state index in [1.54, 1.807) is 6.07 Å². The van der Waals surface area contributed by atoms with Crippen LogP contribution in [0.25, 0.3) is 0 Å². The Morgan fingerprint density at radius 3 is 1.91 bits per heavy atom. The average Bonchev–Trinajstić information content (AvgIpc) is 2.89. The minimum atomic E-state index is -6.50. The second kappa shape index (κ2) is 11.8. The molecule has 8 nitrogen and oxygen atoms in total. The Labute approximate surface area is 243 Å². The molecule has 1 aromatic rings. The smallest absolute Gasteiger partial charge is 0.456 e. The summed E-state index contributed by atoms with van der Waals surface area (Å²) < 4.78 is 143. The lowest BCUT2D eigenvalue weighted by Crippen LogP contribution is -2.61. The molecular weight excluding hydrogens is 617 g/mol. The summed E-state index contributed by atoms with van der Waals surface area (Å²) >= 11 is 0. The van der Waals surface area contributed by atoms with E-state index < -0.39 is 83.1 Å². The van der Waals surface area contributed by atoms with Crippen molar-refractivity contribution in [1.29, 1.82) is 0 Å². The predicted octanol–water partition coefficient (Wildman–Crippen LogP) is 6.05. The van der Waals surface area contributed by atoms with Gasteiger partial charge in [-0.25, -0.2) is 4.79 Å². The first-order chi connectivity index (χ1) is 19.8. The minimum absolute atomic E-state index is 0.118. The summed E-state index contributed by atoms with van der Waals surface area (Å²) in [6, 6.07) is 7.58. The van der Waals surface area contributed by atoms with Gasteiger partial charge in [0.2, 0.25) is 0 Å². The van der Waals surface area contributed by atoms with Gasteiger partial charge >= 0.3 is 45.2 Å². The molecule has 1 unspecified atom stereocenters. The van der Waals surface area contributed by atoms with Gasteiger partial charge in [-0.05, 0) is 74.7 Å². The molecule has 4 saturated carbocycles. The number of benzene rings is 1. The molecule has 1 atom stereocenters. The molecule has 1 aromatic carbocycles. The fourth-order valence-corrected chi connectivity index (χ4v) is 7.28. The molecule has 16 heteroatoms. The highest BCUT2D eigenvalue weighted by molar-refractivity contribution is 7.87. The highest BCUT2D eigenvalue weighted by atomic mass is 32.2. The van der Waals surface area contributed by atoms with Crippen LogP contribution in [0.15, 0.2) is 30.3 Å². The van der Waals surface area contributed by atoms with Crippen LogP contribution >= 0.6 is 0 Å². The highest BCUT2D eigenvalue weighted by Crippen LogP contribution is 2.61. The standard InChI is InChI=1S/C27H31F7O8S/c28-24(29,27(33,34)43(37,38)39)8-4-5-9-41-25(26(30,31)32,22(36)40-16-17-6-2-1-3-7-17)42-21(35)23-13-18-10-19(14-23)12-20(11-18)15-23/h1-3,6-7,18-20H,4-5,8-16H2,(H,37,38,39). The molecule has 4 fully saturated rings. The van der Waals surface area contributed by atoms with Crippen molar-refractivity contribution in [2.45, 2.75) is 87.5 Å². The Morgan fingerprint density at radius 1 is 0.884 bits per heavy atom. The van der Waals surface area contributed by atoms with E-state index in [0.29, 0.717) is 5.56 Å². The zero-order valence-electron chi connectivity index (χ0n) is 22.8. The van der Waals surface area contributed by atoms with Crippen LogP contribution in [0.1, 0.15) is 63.4 Å². The van der Waals surface area contributed by atoms with E-state index in [4.69, 9.17) is 18.8 Å². The Kier molecular flexibility index (Phi) is 9.18. The Balaban J connectivity index is 1.52. The first-order valence-corrected chi connectivity index (χ1v) is 15.1. The summed E-state index contributed by atoms with van der Waals surface area (Å²) in [5.74, 6) is -12.6. The van der Waals surface area contributed by atoms with Crippen LogP contribution in [-0.2, 0) is 40.5 Å². The number of alkyl halides is 7. The lowest BCUT2D eigenvalue weighted by Gasteiger charge is -2.55. The molecule has 0 aromatic heterocycles. The maximum Gasteiger partial charge on any atom is 0.468 e. The van der Waals surface area contributed by atoms with E-state index in [2.05, 4.69) is 0 Å². The average molecular weight is 649 g/mol. The third kappa shape index (κ3) is 6.65. The predicted molar refractivity (Wildman–Crippen MR) is 133 cm³/mol. The molecular formula is C27H31F7O8S. The fourth-order valence-electron chi connectivity index (χ4n) is 6.80. The lowest BCUT2D eigenvalue weighted by molar-refractivity contribution is -0.359. The topological polar surface area (TPSA) is 116 Å². The molecule has 1 N–H and O–H groups in total. The van der Waals surface area contributed by atoms with E-state index in [1.165, 1.54) is 24.3 Å². The number of rotatable bonds is 13. The maximum atomic E-state index is 14.7. The van der Waals surface area contributed by atoms with Crippen molar-refractivity contribution >= 4 is 22.1 Å². The van der Waals surface area contributed by atoms with Gasteiger partial charge in [0.25, 0.3) is 0 Å². The van der Waals surface area contributed by atoms with Gasteiger partial charge in [0, 0.05) is 6.42 Å². The molecule has 4 aliphatic carbocycles. The molecule has 5 rings (SSSR count). The van der Waals surface area contributed by atoms with Crippen LogP contribution in [0.5, 0.6) is 0 Å². The van der Waals surface area contributed by atoms with Gasteiger partial charge < -0.3 is 14.2 Å². The quantitative estimate of drug-likeness (QED) is 0.0904. The lowest BCUT2D eigenvalue weighted by atomic mass is 9.49. The molecule has 4 aliphatic rings. The summed E-state index contributed by atoms with van der Waals surface area (Å²) in [5, 5.41) is -5.86. The van der Waals surface area contributed by atoms with Gasteiger partial charge in [-0.1, -0.05) is 30.3 Å². The number of carbonyl (C=O) groups is 2. The number of esters is 2. The molecule has 4 bridgehead atoms. The monoisotopic (exact) mass is 648 g/mol. The van der Waals surface area contributed by atoms with Gasteiger partial charge in [-0.3, -0.25) is 9.35 Å². The summed E-state index contributed by atoms with van der Waals surface area (Å²) in [6.07, 6.45) is -6.06. The molecule has 0 heterocycles. The van der Waals surface area contributed by atoms with Crippen molar-refractivity contribution in [2.24, 2.45) is 23.2 Å². The Morgan fingerprint density at radius 2 is 1.42 bits per heavy atom. The number of hydrogen-bond donors (Lipinski definition) is 1. The number of halogens is 7. The minimum Gasteiger partial charge on any atom is -0.456 e. The van der Waals surface area contributed by atoms with E-state index in [0.717, 1.165) is 19.3 Å². The van der Waals surface area contributed by atoms with E-state index >= 15 is 0 Å². The molecule has 0 amide bonds. The van der Waals surface area contributed by atoms with Crippen LogP contribution in [0.3, 0.4) is 0 Å². The summed E-state index contributed by atoms with van der Waals surface area (Å²) in [4.78, 5) is 26.5. The Hall–Kier alpha value is -2.46. The molecule has 0 aliphatic heterocycles. The van der Waals surface area contributed by atoms with Crippen LogP contribution in [-0.4, -0.2) is 54.7 Å². The number of carbonyl (C=O) groups excluding carboxylic acids is 2. The Bertz CT molecular complexity index is 1250. The van der Waals surface area contributed by atoms with E-state index in [-0.39, 0.29) is 37.0 Å². The van der Waals surface area contributed by atoms with Gasteiger partial charge in [0.15, 0.2) is 0 Å². The van der Waals surface area contributed by atoms with Crippen LogP contribution in [0.2, 0.25) is 0 Å². The van der Waals surface area contributed by atoms with Crippen molar-refractivity contribution < 1.29 is 67.5 Å². The van der Waals surface area contributed by atoms with Gasteiger partial charge in [0.05, 0.1) is 12.0 Å². The molecule has 0 radical (unpaired) electrons. The van der Waals surface area contributed by atoms with Crippen LogP contribution in [0.4, 0.5) is 30.7 Å². The third-order valence-electron chi connectivity index (χ3n) is 8.50. The number of ether oxygens (including phenoxy) is 3. The van der Waals surface area contributed by atoms with Crippen molar-refractivity contribution in [3.8, 4) is 0 Å². The van der Waals surface area contributed by atoms with Crippen molar-refractivity contribution in [3.05, 3.63) is 35.9 Å². The van der Waals surface area contributed by atoms with Gasteiger partial charge in [-0.15, -0.1) is 0 Å². The van der Waals surface area contributed by atoms with Gasteiger partial charge in [-0.2, -0.15) is 39.2 Å². The first-order valence-electron chi connectivity index (χ1n) is 13.7. The zero-order valence-corrected chi connectivity index (χ0v) is 23.6. The van der Waals surface area contributed by atoms with Crippen molar-refractivity contribution in [1.82, 2.24) is 0 Å². The van der Waals surface area contributed by atoms with Gasteiger partial charge in [0.1, 0.15) is 6.61 Å². The zero-order chi connectivity index (χ0) is 31.9. The SMILES string of the molecule is O=C(OC(OCCCCC(F)(F)C(F)(F)S(=O)(=O)O)(C(=O)OCc1ccccc1)C(F)(F)F)C12CC3CC(CC(C3)C1)C2. The summed E-state index contributed by atoms with van der Waals surface area (Å²) in [5.41, 5.74) is -0.973.